The number of likely N-dealkylation sites (tertiary alicyclic amines) is 1. The number of carbonyl (C=O) groups excluding carboxylic acids is 2. The number of benzene rings is 2. The van der Waals surface area contributed by atoms with E-state index in [1.165, 1.54) is 24.3 Å². The Labute approximate surface area is 150 Å². The summed E-state index contributed by atoms with van der Waals surface area (Å²) in [5.74, 6) is -1.20. The first-order chi connectivity index (χ1) is 12.5. The molecule has 26 heavy (non-hydrogen) atoms. The summed E-state index contributed by atoms with van der Waals surface area (Å²) in [6, 6.07) is 11.8. The Morgan fingerprint density at radius 3 is 2.31 bits per heavy atom. The number of piperidine rings is 1. The van der Waals surface area contributed by atoms with Gasteiger partial charge in [0.05, 0.1) is 6.42 Å². The topological polar surface area (TPSA) is 49.4 Å². The minimum Gasteiger partial charge on any atom is -0.342 e. The molecule has 2 amide bonds. The van der Waals surface area contributed by atoms with Crippen molar-refractivity contribution >= 4 is 17.5 Å². The van der Waals surface area contributed by atoms with Gasteiger partial charge in [0.25, 0.3) is 0 Å². The third kappa shape index (κ3) is 4.65. The largest absolute Gasteiger partial charge is 0.342 e. The molecule has 0 unspecified atom stereocenters. The number of nitrogens with one attached hydrogen (secondary N) is 1. The number of amides is 2. The van der Waals surface area contributed by atoms with Crippen LogP contribution >= 0.6 is 0 Å². The third-order valence-electron chi connectivity index (χ3n) is 4.55. The normalized spacial score (nSPS) is 14.9. The van der Waals surface area contributed by atoms with Crippen LogP contribution < -0.4 is 5.32 Å². The number of hydrogen-bond acceptors (Lipinski definition) is 2. The molecule has 0 aliphatic carbocycles. The van der Waals surface area contributed by atoms with Gasteiger partial charge in [-0.15, -0.1) is 0 Å². The number of rotatable bonds is 4. The first kappa shape index (κ1) is 18.0. The summed E-state index contributed by atoms with van der Waals surface area (Å²) in [5, 5.41) is 2.72. The van der Waals surface area contributed by atoms with Crippen molar-refractivity contribution in [1.29, 1.82) is 0 Å². The molecule has 3 rings (SSSR count). The summed E-state index contributed by atoms with van der Waals surface area (Å²) >= 11 is 0. The second-order valence-electron chi connectivity index (χ2n) is 6.46. The monoisotopic (exact) mass is 358 g/mol. The Hall–Kier alpha value is -2.76. The van der Waals surface area contributed by atoms with Crippen molar-refractivity contribution in [2.75, 3.05) is 18.4 Å². The predicted octanol–water partition coefficient (Wildman–Crippen LogP) is 3.38. The first-order valence-corrected chi connectivity index (χ1v) is 8.60. The van der Waals surface area contributed by atoms with Gasteiger partial charge in [-0.1, -0.05) is 18.2 Å². The third-order valence-corrected chi connectivity index (χ3v) is 4.55. The van der Waals surface area contributed by atoms with Gasteiger partial charge in [0.1, 0.15) is 11.6 Å². The highest BCUT2D eigenvalue weighted by atomic mass is 19.1. The lowest BCUT2D eigenvalue weighted by Gasteiger charge is -2.31. The van der Waals surface area contributed by atoms with Crippen LogP contribution in [0.2, 0.25) is 0 Å². The zero-order valence-corrected chi connectivity index (χ0v) is 14.3. The van der Waals surface area contributed by atoms with Gasteiger partial charge < -0.3 is 10.2 Å². The van der Waals surface area contributed by atoms with Crippen molar-refractivity contribution in [3.8, 4) is 0 Å². The minimum atomic E-state index is -0.402. The lowest BCUT2D eigenvalue weighted by molar-refractivity contribution is -0.133. The van der Waals surface area contributed by atoms with Crippen molar-refractivity contribution < 1.29 is 18.4 Å². The minimum absolute atomic E-state index is 0.0698. The molecule has 6 heteroatoms. The number of hydrogen-bond donors (Lipinski definition) is 1. The lowest BCUT2D eigenvalue weighted by atomic mass is 9.95. The maximum atomic E-state index is 13.2. The van der Waals surface area contributed by atoms with E-state index in [0.29, 0.717) is 37.2 Å². The Bertz CT molecular complexity index is 734. The summed E-state index contributed by atoms with van der Waals surface area (Å²) < 4.78 is 26.4. The van der Waals surface area contributed by atoms with Gasteiger partial charge in [-0.05, 0) is 48.7 Å². The molecule has 1 heterocycles. The molecule has 0 radical (unpaired) electrons. The second-order valence-corrected chi connectivity index (χ2v) is 6.46. The quantitative estimate of drug-likeness (QED) is 0.911. The zero-order chi connectivity index (χ0) is 18.5. The summed E-state index contributed by atoms with van der Waals surface area (Å²) in [4.78, 5) is 26.4. The molecule has 0 aromatic heterocycles. The fourth-order valence-electron chi connectivity index (χ4n) is 3.13. The van der Waals surface area contributed by atoms with E-state index in [0.717, 1.165) is 0 Å². The highest BCUT2D eigenvalue weighted by molar-refractivity contribution is 5.92. The van der Waals surface area contributed by atoms with Gasteiger partial charge in [-0.2, -0.15) is 0 Å². The van der Waals surface area contributed by atoms with E-state index in [1.54, 1.807) is 29.2 Å². The summed E-state index contributed by atoms with van der Waals surface area (Å²) in [7, 11) is 0. The van der Waals surface area contributed by atoms with Crippen LogP contribution in [0, 0.1) is 17.6 Å². The van der Waals surface area contributed by atoms with Gasteiger partial charge >= 0.3 is 0 Å². The molecule has 1 aliphatic rings. The van der Waals surface area contributed by atoms with E-state index < -0.39 is 5.82 Å². The SMILES string of the molecule is O=C(Nc1cccc(F)c1)C1CCN(C(=O)Cc2cccc(F)c2)CC1. The van der Waals surface area contributed by atoms with Gasteiger partial charge in [0, 0.05) is 24.7 Å². The van der Waals surface area contributed by atoms with Crippen LogP contribution in [0.1, 0.15) is 18.4 Å². The van der Waals surface area contributed by atoms with E-state index in [1.807, 2.05) is 0 Å². The smallest absolute Gasteiger partial charge is 0.227 e. The van der Waals surface area contributed by atoms with Crippen LogP contribution in [0.25, 0.3) is 0 Å². The molecule has 136 valence electrons. The molecule has 0 spiro atoms. The highest BCUT2D eigenvalue weighted by Gasteiger charge is 2.27. The van der Waals surface area contributed by atoms with Crippen molar-refractivity contribution in [2.24, 2.45) is 5.92 Å². The first-order valence-electron chi connectivity index (χ1n) is 8.60. The molecule has 2 aromatic rings. The maximum absolute atomic E-state index is 13.2. The summed E-state index contributed by atoms with van der Waals surface area (Å²) in [6.45, 7) is 0.963. The van der Waals surface area contributed by atoms with E-state index in [9.17, 15) is 18.4 Å². The van der Waals surface area contributed by atoms with Crippen LogP contribution in [0.4, 0.5) is 14.5 Å². The number of halogens is 2. The summed E-state index contributed by atoms with van der Waals surface area (Å²) in [6.07, 6.45) is 1.25. The van der Waals surface area contributed by atoms with Gasteiger partial charge in [-0.25, -0.2) is 8.78 Å². The van der Waals surface area contributed by atoms with Crippen LogP contribution in [-0.2, 0) is 16.0 Å². The molecule has 1 fully saturated rings. The number of carbonyl (C=O) groups is 2. The highest BCUT2D eigenvalue weighted by Crippen LogP contribution is 2.21. The predicted molar refractivity (Wildman–Crippen MR) is 94.4 cm³/mol. The number of nitrogens with zero attached hydrogens (tertiary/aromatic N) is 1. The standard InChI is InChI=1S/C20H20F2N2O2/c21-16-4-1-3-14(11-16)12-19(25)24-9-7-15(8-10-24)20(26)23-18-6-2-5-17(22)13-18/h1-6,11,13,15H,7-10,12H2,(H,23,26). The molecule has 0 saturated carbocycles. The van der Waals surface area contributed by atoms with Crippen LogP contribution in [0.15, 0.2) is 48.5 Å². The molecule has 2 aromatic carbocycles. The molecule has 4 nitrogen and oxygen atoms in total. The summed E-state index contributed by atoms with van der Waals surface area (Å²) in [5.41, 5.74) is 1.07. The van der Waals surface area contributed by atoms with Gasteiger partial charge in [0.2, 0.25) is 11.8 Å². The van der Waals surface area contributed by atoms with Crippen molar-refractivity contribution in [3.63, 3.8) is 0 Å². The van der Waals surface area contributed by atoms with Gasteiger partial charge in [-0.3, -0.25) is 9.59 Å². The molecule has 1 saturated heterocycles. The fourth-order valence-corrected chi connectivity index (χ4v) is 3.13. The van der Waals surface area contributed by atoms with Crippen molar-refractivity contribution in [1.82, 2.24) is 4.90 Å². The molecular weight excluding hydrogens is 338 g/mol. The maximum Gasteiger partial charge on any atom is 0.227 e. The van der Waals surface area contributed by atoms with Crippen LogP contribution in [-0.4, -0.2) is 29.8 Å². The van der Waals surface area contributed by atoms with Gasteiger partial charge in [0.15, 0.2) is 0 Å². The van der Waals surface area contributed by atoms with E-state index in [2.05, 4.69) is 5.32 Å². The Kier molecular flexibility index (Phi) is 5.61. The fraction of sp³-hybridized carbons (Fsp3) is 0.300. The molecule has 0 bridgehead atoms. The molecule has 1 N–H and O–H groups in total. The Balaban J connectivity index is 1.50. The second kappa shape index (κ2) is 8.08. The number of anilines is 1. The zero-order valence-electron chi connectivity index (χ0n) is 14.3. The van der Waals surface area contributed by atoms with Crippen molar-refractivity contribution in [3.05, 3.63) is 65.7 Å². The molecule has 1 aliphatic heterocycles. The Morgan fingerprint density at radius 1 is 1.00 bits per heavy atom. The van der Waals surface area contributed by atoms with Crippen LogP contribution in [0.5, 0.6) is 0 Å². The Morgan fingerprint density at radius 2 is 1.65 bits per heavy atom. The van der Waals surface area contributed by atoms with Crippen molar-refractivity contribution in [2.45, 2.75) is 19.3 Å². The average molecular weight is 358 g/mol. The van der Waals surface area contributed by atoms with E-state index in [4.69, 9.17) is 0 Å². The molecule has 0 atom stereocenters. The lowest BCUT2D eigenvalue weighted by Crippen LogP contribution is -2.42. The van der Waals surface area contributed by atoms with Crippen LogP contribution in [0.3, 0.4) is 0 Å². The van der Waals surface area contributed by atoms with E-state index in [-0.39, 0.29) is 30.0 Å². The van der Waals surface area contributed by atoms with E-state index >= 15 is 0 Å². The molecular formula is C20H20F2N2O2. The average Bonchev–Trinajstić information content (AvgIpc) is 2.62.